The molecule has 0 amide bonds. The van der Waals surface area contributed by atoms with E-state index < -0.39 is 0 Å². The van der Waals surface area contributed by atoms with Gasteiger partial charge < -0.3 is 11.5 Å². The number of nitrogens with zero attached hydrogens (tertiary/aromatic N) is 3. The highest BCUT2D eigenvalue weighted by molar-refractivity contribution is 6.05. The second-order valence-electron chi connectivity index (χ2n) is 4.13. The van der Waals surface area contributed by atoms with Crippen molar-refractivity contribution in [2.75, 3.05) is 11.5 Å². The summed E-state index contributed by atoms with van der Waals surface area (Å²) in [6, 6.07) is 0. The lowest BCUT2D eigenvalue weighted by atomic mass is 9.84. The molecule has 86 valence electrons. The van der Waals surface area contributed by atoms with Crippen molar-refractivity contribution in [1.29, 1.82) is 0 Å². The Hall–Kier alpha value is -1.72. The summed E-state index contributed by atoms with van der Waals surface area (Å²) < 4.78 is 0. The van der Waals surface area contributed by atoms with Crippen LogP contribution in [0.2, 0.25) is 0 Å². The van der Waals surface area contributed by atoms with Crippen LogP contribution in [0.4, 0.5) is 11.6 Å². The van der Waals surface area contributed by atoms with Gasteiger partial charge in [0.1, 0.15) is 5.56 Å². The minimum Gasteiger partial charge on any atom is -0.381 e. The average molecular weight is 221 g/mol. The first-order valence-electron chi connectivity index (χ1n) is 5.48. The van der Waals surface area contributed by atoms with Gasteiger partial charge >= 0.3 is 0 Å². The molecular weight excluding hydrogens is 206 g/mol. The number of nitrogens with two attached hydrogens (primary N) is 2. The fraction of sp³-hybridized carbons (Fsp3) is 0.600. The van der Waals surface area contributed by atoms with Crippen LogP contribution in [0.5, 0.6) is 0 Å². The number of hydrogen-bond donors (Lipinski definition) is 2. The zero-order valence-electron chi connectivity index (χ0n) is 9.02. The van der Waals surface area contributed by atoms with Gasteiger partial charge in [-0.1, -0.05) is 19.3 Å². The topological polar surface area (TPSA) is 108 Å². The van der Waals surface area contributed by atoms with Crippen molar-refractivity contribution in [3.8, 4) is 0 Å². The number of carbonyl (C=O) groups excluding carboxylic acids is 1. The second kappa shape index (κ2) is 4.42. The lowest BCUT2D eigenvalue weighted by Crippen LogP contribution is -2.22. The maximum Gasteiger partial charge on any atom is 0.173 e. The summed E-state index contributed by atoms with van der Waals surface area (Å²) in [6.07, 6.45) is 5.17. The molecule has 2 rings (SSSR count). The normalized spacial score (nSPS) is 17.2. The van der Waals surface area contributed by atoms with Crippen LogP contribution in [0.3, 0.4) is 0 Å². The maximum absolute atomic E-state index is 12.2. The molecule has 0 spiro atoms. The molecular formula is C10H15N5O. The molecule has 4 N–H and O–H groups in total. The van der Waals surface area contributed by atoms with Crippen molar-refractivity contribution in [1.82, 2.24) is 15.4 Å². The number of Topliss-reactive ketones (excluding diaryl/α,β-unsaturated/α-hetero) is 1. The molecule has 1 aliphatic rings. The Balaban J connectivity index is 2.26. The van der Waals surface area contributed by atoms with E-state index in [1.54, 1.807) is 0 Å². The predicted octanol–water partition coefficient (Wildman–Crippen LogP) is 0.799. The molecule has 0 aliphatic heterocycles. The third-order valence-corrected chi connectivity index (χ3v) is 3.04. The molecule has 0 radical (unpaired) electrons. The fourth-order valence-electron chi connectivity index (χ4n) is 2.17. The Kier molecular flexibility index (Phi) is 2.98. The third kappa shape index (κ3) is 1.95. The first kappa shape index (κ1) is 10.8. The highest BCUT2D eigenvalue weighted by Gasteiger charge is 2.26. The highest BCUT2D eigenvalue weighted by Crippen LogP contribution is 2.29. The average Bonchev–Trinajstić information content (AvgIpc) is 2.30. The lowest BCUT2D eigenvalue weighted by Gasteiger charge is -2.20. The molecule has 6 nitrogen and oxygen atoms in total. The lowest BCUT2D eigenvalue weighted by molar-refractivity contribution is 0.0890. The Morgan fingerprint density at radius 2 is 1.62 bits per heavy atom. The van der Waals surface area contributed by atoms with Gasteiger partial charge in [-0.25, -0.2) is 0 Å². The SMILES string of the molecule is Nc1nnnc(N)c1C(=O)C1CCCCC1. The van der Waals surface area contributed by atoms with Crippen LogP contribution in [0.1, 0.15) is 42.5 Å². The van der Waals surface area contributed by atoms with E-state index in [-0.39, 0.29) is 28.9 Å². The van der Waals surface area contributed by atoms with Crippen molar-refractivity contribution >= 4 is 17.4 Å². The summed E-state index contributed by atoms with van der Waals surface area (Å²) in [7, 11) is 0. The monoisotopic (exact) mass is 221 g/mol. The van der Waals surface area contributed by atoms with Crippen molar-refractivity contribution < 1.29 is 4.79 Å². The minimum atomic E-state index is -0.0305. The molecule has 0 aromatic carbocycles. The second-order valence-corrected chi connectivity index (χ2v) is 4.13. The predicted molar refractivity (Wildman–Crippen MR) is 59.6 cm³/mol. The number of ketones is 1. The minimum absolute atomic E-state index is 0.0179. The standard InChI is InChI=1S/C10H15N5O/c11-9-7(10(12)14-15-13-9)8(16)6-4-2-1-3-5-6/h6H,1-5H2,(H4,11,12,13,14). The van der Waals surface area contributed by atoms with Crippen LogP contribution in [0.25, 0.3) is 0 Å². The summed E-state index contributed by atoms with van der Waals surface area (Å²) in [4.78, 5) is 12.2. The van der Waals surface area contributed by atoms with Crippen LogP contribution < -0.4 is 11.5 Å². The van der Waals surface area contributed by atoms with Gasteiger partial charge in [-0.15, -0.1) is 10.2 Å². The molecule has 1 fully saturated rings. The number of hydrogen-bond acceptors (Lipinski definition) is 6. The van der Waals surface area contributed by atoms with E-state index in [9.17, 15) is 4.79 Å². The van der Waals surface area contributed by atoms with E-state index in [0.29, 0.717) is 0 Å². The van der Waals surface area contributed by atoms with Gasteiger partial charge in [0.2, 0.25) is 0 Å². The largest absolute Gasteiger partial charge is 0.381 e. The summed E-state index contributed by atoms with van der Waals surface area (Å²) in [5, 5.41) is 10.5. The summed E-state index contributed by atoms with van der Waals surface area (Å²) in [5.74, 6) is 0.160. The molecule has 0 bridgehead atoms. The zero-order chi connectivity index (χ0) is 11.5. The van der Waals surface area contributed by atoms with E-state index in [2.05, 4.69) is 15.4 Å². The van der Waals surface area contributed by atoms with Gasteiger partial charge in [0.05, 0.1) is 0 Å². The number of carbonyl (C=O) groups is 1. The zero-order valence-corrected chi connectivity index (χ0v) is 9.02. The van der Waals surface area contributed by atoms with E-state index in [0.717, 1.165) is 25.7 Å². The summed E-state index contributed by atoms with van der Waals surface area (Å²) in [6.45, 7) is 0. The summed E-state index contributed by atoms with van der Waals surface area (Å²) in [5.41, 5.74) is 11.5. The van der Waals surface area contributed by atoms with Crippen LogP contribution in [-0.4, -0.2) is 21.2 Å². The summed E-state index contributed by atoms with van der Waals surface area (Å²) >= 11 is 0. The van der Waals surface area contributed by atoms with Crippen molar-refractivity contribution in [2.45, 2.75) is 32.1 Å². The Morgan fingerprint density at radius 1 is 1.06 bits per heavy atom. The molecule has 1 saturated carbocycles. The van der Waals surface area contributed by atoms with Gasteiger partial charge in [-0.2, -0.15) is 0 Å². The number of anilines is 2. The van der Waals surface area contributed by atoms with Gasteiger partial charge in [-0.05, 0) is 18.1 Å². The Bertz CT molecular complexity index is 380. The van der Waals surface area contributed by atoms with Crippen LogP contribution >= 0.6 is 0 Å². The molecule has 0 unspecified atom stereocenters. The molecule has 0 atom stereocenters. The molecule has 0 saturated heterocycles. The van der Waals surface area contributed by atoms with Gasteiger partial charge in [-0.3, -0.25) is 4.79 Å². The van der Waals surface area contributed by atoms with Gasteiger partial charge in [0.15, 0.2) is 17.4 Å². The number of nitrogen functional groups attached to an aromatic ring is 2. The van der Waals surface area contributed by atoms with Crippen molar-refractivity contribution in [2.24, 2.45) is 5.92 Å². The van der Waals surface area contributed by atoms with Gasteiger partial charge in [0, 0.05) is 5.92 Å². The Morgan fingerprint density at radius 3 is 2.19 bits per heavy atom. The molecule has 6 heteroatoms. The molecule has 16 heavy (non-hydrogen) atoms. The molecule has 1 heterocycles. The van der Waals surface area contributed by atoms with Gasteiger partial charge in [0.25, 0.3) is 0 Å². The van der Waals surface area contributed by atoms with Crippen LogP contribution in [-0.2, 0) is 0 Å². The van der Waals surface area contributed by atoms with E-state index in [4.69, 9.17) is 11.5 Å². The first-order chi connectivity index (χ1) is 7.70. The van der Waals surface area contributed by atoms with Crippen molar-refractivity contribution in [3.05, 3.63) is 5.56 Å². The smallest absolute Gasteiger partial charge is 0.173 e. The van der Waals surface area contributed by atoms with E-state index >= 15 is 0 Å². The Labute approximate surface area is 93.4 Å². The van der Waals surface area contributed by atoms with Crippen LogP contribution in [0, 0.1) is 5.92 Å². The first-order valence-corrected chi connectivity index (χ1v) is 5.48. The van der Waals surface area contributed by atoms with Crippen LogP contribution in [0.15, 0.2) is 0 Å². The fourth-order valence-corrected chi connectivity index (χ4v) is 2.17. The maximum atomic E-state index is 12.2. The van der Waals surface area contributed by atoms with Crippen molar-refractivity contribution in [3.63, 3.8) is 0 Å². The third-order valence-electron chi connectivity index (χ3n) is 3.04. The molecule has 1 aliphatic carbocycles. The molecule has 1 aromatic rings. The number of aromatic nitrogens is 3. The van der Waals surface area contributed by atoms with E-state index in [1.807, 2.05) is 0 Å². The quantitative estimate of drug-likeness (QED) is 0.715. The van der Waals surface area contributed by atoms with E-state index in [1.165, 1.54) is 6.42 Å². The number of rotatable bonds is 2. The highest BCUT2D eigenvalue weighted by atomic mass is 16.1. The molecule has 1 aromatic heterocycles.